The topological polar surface area (TPSA) is 84.7 Å². The Morgan fingerprint density at radius 2 is 1.68 bits per heavy atom. The van der Waals surface area contributed by atoms with Crippen molar-refractivity contribution in [1.82, 2.24) is 19.7 Å². The molecule has 4 rings (SSSR count). The lowest BCUT2D eigenvalue weighted by Crippen LogP contribution is -2.11. The number of carbonyl (C=O) groups excluding carboxylic acids is 1. The van der Waals surface area contributed by atoms with E-state index in [4.69, 9.17) is 11.6 Å². The van der Waals surface area contributed by atoms with Crippen LogP contribution in [0.15, 0.2) is 79.4 Å². The van der Waals surface area contributed by atoms with Gasteiger partial charge in [0.15, 0.2) is 0 Å². The van der Waals surface area contributed by atoms with E-state index < -0.39 is 0 Å². The van der Waals surface area contributed by atoms with Gasteiger partial charge in [-0.25, -0.2) is 14.6 Å². The van der Waals surface area contributed by atoms with Crippen LogP contribution < -0.4 is 10.6 Å². The predicted octanol–water partition coefficient (Wildman–Crippen LogP) is 4.31. The molecule has 0 saturated heterocycles. The fourth-order valence-corrected chi connectivity index (χ4v) is 2.78. The molecule has 0 radical (unpaired) electrons. The Balaban J connectivity index is 1.43. The fraction of sp³-hybridized carbons (Fsp3) is 0. The highest BCUT2D eigenvalue weighted by Gasteiger charge is 2.09. The zero-order valence-corrected chi connectivity index (χ0v) is 15.3. The van der Waals surface area contributed by atoms with E-state index in [1.165, 1.54) is 0 Å². The Morgan fingerprint density at radius 3 is 2.43 bits per heavy atom. The SMILES string of the molecule is O=C(Nc1cnn(-c2ccccc2Cl)c1)c1ccc(Nc2ncccn2)cc1. The van der Waals surface area contributed by atoms with Gasteiger partial charge in [-0.2, -0.15) is 5.10 Å². The molecule has 0 bridgehead atoms. The summed E-state index contributed by atoms with van der Waals surface area (Å²) >= 11 is 6.18. The molecule has 0 aliphatic rings. The molecule has 8 heteroatoms. The van der Waals surface area contributed by atoms with Crippen LogP contribution in [-0.2, 0) is 0 Å². The number of hydrogen-bond donors (Lipinski definition) is 2. The van der Waals surface area contributed by atoms with Gasteiger partial charge in [0, 0.05) is 23.6 Å². The Bertz CT molecular complexity index is 1100. The molecule has 138 valence electrons. The maximum atomic E-state index is 12.5. The van der Waals surface area contributed by atoms with Crippen molar-refractivity contribution in [3.05, 3.63) is 90.0 Å². The van der Waals surface area contributed by atoms with Crippen LogP contribution in [0, 0.1) is 0 Å². The number of para-hydroxylation sites is 1. The van der Waals surface area contributed by atoms with Crippen molar-refractivity contribution < 1.29 is 4.79 Å². The zero-order valence-electron chi connectivity index (χ0n) is 14.6. The first kappa shape index (κ1) is 17.7. The van der Waals surface area contributed by atoms with Crippen molar-refractivity contribution in [2.45, 2.75) is 0 Å². The van der Waals surface area contributed by atoms with E-state index in [-0.39, 0.29) is 5.91 Å². The van der Waals surface area contributed by atoms with Crippen molar-refractivity contribution in [2.24, 2.45) is 0 Å². The molecular formula is C20H15ClN6O. The number of aromatic nitrogens is 4. The Kier molecular flexibility index (Phi) is 4.99. The minimum absolute atomic E-state index is 0.235. The molecule has 0 aliphatic carbocycles. The minimum Gasteiger partial charge on any atom is -0.324 e. The molecule has 1 amide bonds. The van der Waals surface area contributed by atoms with Crippen molar-refractivity contribution in [3.8, 4) is 5.69 Å². The van der Waals surface area contributed by atoms with E-state index in [2.05, 4.69) is 25.7 Å². The summed E-state index contributed by atoms with van der Waals surface area (Å²) in [5.41, 5.74) is 2.62. The van der Waals surface area contributed by atoms with Gasteiger partial charge in [0.25, 0.3) is 5.91 Å². The summed E-state index contributed by atoms with van der Waals surface area (Å²) in [6.07, 6.45) is 6.59. The molecule has 0 unspecified atom stereocenters. The van der Waals surface area contributed by atoms with Gasteiger partial charge in [-0.1, -0.05) is 23.7 Å². The van der Waals surface area contributed by atoms with Crippen LogP contribution in [0.5, 0.6) is 0 Å². The number of halogens is 1. The summed E-state index contributed by atoms with van der Waals surface area (Å²) in [4.78, 5) is 20.7. The number of anilines is 3. The Morgan fingerprint density at radius 1 is 0.929 bits per heavy atom. The highest BCUT2D eigenvalue weighted by atomic mass is 35.5. The highest BCUT2D eigenvalue weighted by molar-refractivity contribution is 6.32. The maximum absolute atomic E-state index is 12.5. The molecule has 2 aromatic heterocycles. The molecule has 7 nitrogen and oxygen atoms in total. The lowest BCUT2D eigenvalue weighted by Gasteiger charge is -2.06. The molecular weight excluding hydrogens is 376 g/mol. The van der Waals surface area contributed by atoms with Gasteiger partial charge in [0.05, 0.1) is 28.8 Å². The molecule has 0 aliphatic heterocycles. The van der Waals surface area contributed by atoms with E-state index in [1.54, 1.807) is 65.9 Å². The zero-order chi connectivity index (χ0) is 19.3. The van der Waals surface area contributed by atoms with Crippen molar-refractivity contribution in [2.75, 3.05) is 10.6 Å². The van der Waals surface area contributed by atoms with E-state index in [9.17, 15) is 4.79 Å². The summed E-state index contributed by atoms with van der Waals surface area (Å²) in [6, 6.07) is 16.1. The molecule has 2 N–H and O–H groups in total. The smallest absolute Gasteiger partial charge is 0.255 e. The molecule has 0 fully saturated rings. The first-order valence-electron chi connectivity index (χ1n) is 8.44. The molecule has 0 spiro atoms. The minimum atomic E-state index is -0.235. The van der Waals surface area contributed by atoms with Gasteiger partial charge in [-0.15, -0.1) is 0 Å². The largest absolute Gasteiger partial charge is 0.324 e. The third kappa shape index (κ3) is 3.99. The number of nitrogens with zero attached hydrogens (tertiary/aromatic N) is 4. The maximum Gasteiger partial charge on any atom is 0.255 e. The molecule has 0 saturated carbocycles. The predicted molar refractivity (Wildman–Crippen MR) is 108 cm³/mol. The van der Waals surface area contributed by atoms with Crippen molar-refractivity contribution in [3.63, 3.8) is 0 Å². The van der Waals surface area contributed by atoms with Crippen molar-refractivity contribution in [1.29, 1.82) is 0 Å². The average molecular weight is 391 g/mol. The third-order valence-electron chi connectivity index (χ3n) is 3.91. The van der Waals surface area contributed by atoms with E-state index in [0.29, 0.717) is 22.2 Å². The normalized spacial score (nSPS) is 10.5. The number of amides is 1. The second-order valence-electron chi connectivity index (χ2n) is 5.85. The lowest BCUT2D eigenvalue weighted by molar-refractivity contribution is 0.102. The number of benzene rings is 2. The lowest BCUT2D eigenvalue weighted by atomic mass is 10.2. The van der Waals surface area contributed by atoms with Crippen LogP contribution in [-0.4, -0.2) is 25.7 Å². The van der Waals surface area contributed by atoms with Crippen LogP contribution in [0.4, 0.5) is 17.3 Å². The Hall–Kier alpha value is -3.71. The summed E-state index contributed by atoms with van der Waals surface area (Å²) in [6.45, 7) is 0. The van der Waals surface area contributed by atoms with Crippen LogP contribution in [0.25, 0.3) is 5.69 Å². The van der Waals surface area contributed by atoms with Crippen LogP contribution >= 0.6 is 11.6 Å². The quantitative estimate of drug-likeness (QED) is 0.530. The van der Waals surface area contributed by atoms with Gasteiger partial charge in [0.1, 0.15) is 0 Å². The van der Waals surface area contributed by atoms with Crippen LogP contribution in [0.1, 0.15) is 10.4 Å². The number of carbonyl (C=O) groups is 1. The van der Waals surface area contributed by atoms with Crippen LogP contribution in [0.3, 0.4) is 0 Å². The van der Waals surface area contributed by atoms with Gasteiger partial charge >= 0.3 is 0 Å². The van der Waals surface area contributed by atoms with Gasteiger partial charge in [-0.3, -0.25) is 4.79 Å². The van der Waals surface area contributed by atoms with Crippen LogP contribution in [0.2, 0.25) is 5.02 Å². The fourth-order valence-electron chi connectivity index (χ4n) is 2.56. The second kappa shape index (κ2) is 7.89. The molecule has 28 heavy (non-hydrogen) atoms. The standard InChI is InChI=1S/C20H15ClN6O/c21-17-4-1-2-5-18(17)27-13-16(12-24-27)25-19(28)14-6-8-15(9-7-14)26-20-22-10-3-11-23-20/h1-13H,(H,25,28)(H,22,23,26). The molecule has 4 aromatic rings. The summed E-state index contributed by atoms with van der Waals surface area (Å²) in [7, 11) is 0. The van der Waals surface area contributed by atoms with Gasteiger partial charge in [0.2, 0.25) is 5.95 Å². The first-order valence-corrected chi connectivity index (χ1v) is 8.82. The summed E-state index contributed by atoms with van der Waals surface area (Å²) < 4.78 is 1.62. The Labute approximate surface area is 166 Å². The highest BCUT2D eigenvalue weighted by Crippen LogP contribution is 2.21. The average Bonchev–Trinajstić information content (AvgIpc) is 3.18. The summed E-state index contributed by atoms with van der Waals surface area (Å²) in [5.74, 6) is 0.257. The molecule has 2 heterocycles. The monoisotopic (exact) mass is 390 g/mol. The van der Waals surface area contributed by atoms with Crippen molar-refractivity contribution >= 4 is 34.8 Å². The molecule has 0 atom stereocenters. The summed E-state index contributed by atoms with van der Waals surface area (Å²) in [5, 5.41) is 10.7. The number of nitrogens with one attached hydrogen (secondary N) is 2. The van der Waals surface area contributed by atoms with Gasteiger partial charge < -0.3 is 10.6 Å². The first-order chi connectivity index (χ1) is 13.7. The van der Waals surface area contributed by atoms with E-state index in [0.717, 1.165) is 11.4 Å². The molecule has 2 aromatic carbocycles. The third-order valence-corrected chi connectivity index (χ3v) is 4.23. The second-order valence-corrected chi connectivity index (χ2v) is 6.26. The number of hydrogen-bond acceptors (Lipinski definition) is 5. The van der Waals surface area contributed by atoms with E-state index >= 15 is 0 Å². The van der Waals surface area contributed by atoms with Gasteiger partial charge in [-0.05, 0) is 42.5 Å². The number of rotatable bonds is 5. The van der Waals surface area contributed by atoms with E-state index in [1.807, 2.05) is 18.2 Å².